The summed E-state index contributed by atoms with van der Waals surface area (Å²) in [4.78, 5) is 4.25. The first-order valence-corrected chi connectivity index (χ1v) is 6.77. The van der Waals surface area contributed by atoms with Gasteiger partial charge < -0.3 is 5.32 Å². The minimum atomic E-state index is 0.511. The van der Waals surface area contributed by atoms with Crippen molar-refractivity contribution in [3.05, 3.63) is 24.0 Å². The lowest BCUT2D eigenvalue weighted by Crippen LogP contribution is -2.36. The SMILES string of the molecule is CCC1(CNc2cc(C)cc3ncnn23)CCC1. The van der Waals surface area contributed by atoms with E-state index in [0.29, 0.717) is 5.41 Å². The van der Waals surface area contributed by atoms with Crippen LogP contribution in [0.25, 0.3) is 5.65 Å². The van der Waals surface area contributed by atoms with Crippen molar-refractivity contribution in [2.24, 2.45) is 5.41 Å². The summed E-state index contributed by atoms with van der Waals surface area (Å²) >= 11 is 0. The molecule has 1 aliphatic rings. The van der Waals surface area contributed by atoms with Gasteiger partial charge in [-0.3, -0.25) is 0 Å². The van der Waals surface area contributed by atoms with Crippen LogP contribution in [0.4, 0.5) is 5.82 Å². The Kier molecular flexibility index (Phi) is 2.73. The van der Waals surface area contributed by atoms with Crippen LogP contribution in [-0.2, 0) is 0 Å². The van der Waals surface area contributed by atoms with Crippen LogP contribution in [0.5, 0.6) is 0 Å². The number of aromatic nitrogens is 3. The van der Waals surface area contributed by atoms with Gasteiger partial charge in [-0.05, 0) is 49.3 Å². The van der Waals surface area contributed by atoms with Crippen LogP contribution in [0.3, 0.4) is 0 Å². The van der Waals surface area contributed by atoms with E-state index < -0.39 is 0 Å². The summed E-state index contributed by atoms with van der Waals surface area (Å²) in [5.74, 6) is 1.06. The van der Waals surface area contributed by atoms with Crippen molar-refractivity contribution in [2.45, 2.75) is 39.5 Å². The van der Waals surface area contributed by atoms with Gasteiger partial charge in [-0.2, -0.15) is 9.61 Å². The van der Waals surface area contributed by atoms with Crippen LogP contribution < -0.4 is 5.32 Å². The zero-order chi connectivity index (χ0) is 12.6. The average molecular weight is 244 g/mol. The summed E-state index contributed by atoms with van der Waals surface area (Å²) in [6, 6.07) is 4.20. The highest BCUT2D eigenvalue weighted by atomic mass is 15.3. The molecule has 0 aromatic carbocycles. The molecule has 2 aromatic heterocycles. The Hall–Kier alpha value is -1.58. The minimum Gasteiger partial charge on any atom is -0.369 e. The second-order valence-corrected chi connectivity index (χ2v) is 5.51. The third-order valence-electron chi connectivity index (χ3n) is 4.33. The van der Waals surface area contributed by atoms with Gasteiger partial charge in [0, 0.05) is 6.54 Å². The van der Waals surface area contributed by atoms with E-state index in [4.69, 9.17) is 0 Å². The molecule has 2 aromatic rings. The highest BCUT2D eigenvalue weighted by Gasteiger charge is 2.34. The van der Waals surface area contributed by atoms with E-state index in [1.807, 2.05) is 4.52 Å². The molecule has 1 fully saturated rings. The number of aryl methyl sites for hydroxylation is 1. The molecule has 1 saturated carbocycles. The van der Waals surface area contributed by atoms with E-state index in [1.54, 1.807) is 6.33 Å². The molecule has 4 heteroatoms. The maximum atomic E-state index is 4.27. The van der Waals surface area contributed by atoms with E-state index >= 15 is 0 Å². The minimum absolute atomic E-state index is 0.511. The average Bonchev–Trinajstić information content (AvgIpc) is 2.75. The Morgan fingerprint density at radius 2 is 2.22 bits per heavy atom. The fraction of sp³-hybridized carbons (Fsp3) is 0.571. The first-order chi connectivity index (χ1) is 8.72. The number of hydrogen-bond donors (Lipinski definition) is 1. The zero-order valence-corrected chi connectivity index (χ0v) is 11.1. The quantitative estimate of drug-likeness (QED) is 0.899. The predicted octanol–water partition coefficient (Wildman–Crippen LogP) is 3.03. The van der Waals surface area contributed by atoms with E-state index in [9.17, 15) is 0 Å². The number of hydrogen-bond acceptors (Lipinski definition) is 3. The van der Waals surface area contributed by atoms with Crippen molar-refractivity contribution < 1.29 is 0 Å². The molecule has 0 radical (unpaired) electrons. The molecule has 0 unspecified atom stereocenters. The monoisotopic (exact) mass is 244 g/mol. The van der Waals surface area contributed by atoms with Crippen molar-refractivity contribution in [1.82, 2.24) is 14.6 Å². The van der Waals surface area contributed by atoms with Crippen molar-refractivity contribution >= 4 is 11.5 Å². The molecule has 96 valence electrons. The molecule has 4 nitrogen and oxygen atoms in total. The van der Waals surface area contributed by atoms with Gasteiger partial charge in [0.2, 0.25) is 0 Å². The van der Waals surface area contributed by atoms with E-state index in [2.05, 4.69) is 41.4 Å². The summed E-state index contributed by atoms with van der Waals surface area (Å²) in [5.41, 5.74) is 2.64. The molecular weight excluding hydrogens is 224 g/mol. The van der Waals surface area contributed by atoms with E-state index in [-0.39, 0.29) is 0 Å². The van der Waals surface area contributed by atoms with Gasteiger partial charge >= 0.3 is 0 Å². The van der Waals surface area contributed by atoms with Gasteiger partial charge in [-0.25, -0.2) is 4.98 Å². The van der Waals surface area contributed by atoms with Crippen LogP contribution >= 0.6 is 0 Å². The first kappa shape index (κ1) is 11.5. The van der Waals surface area contributed by atoms with Crippen molar-refractivity contribution in [3.8, 4) is 0 Å². The third-order valence-corrected chi connectivity index (χ3v) is 4.33. The molecule has 0 amide bonds. The standard InChI is InChI=1S/C14H20N4/c1-3-14(5-4-6-14)9-15-12-7-11(2)8-13-16-10-17-18(12)13/h7-8,10,15H,3-6,9H2,1-2H3. The molecule has 2 heterocycles. The Morgan fingerprint density at radius 1 is 1.39 bits per heavy atom. The molecule has 0 saturated heterocycles. The Labute approximate surface area is 107 Å². The zero-order valence-electron chi connectivity index (χ0n) is 11.1. The summed E-state index contributed by atoms with van der Waals surface area (Å²) in [6.07, 6.45) is 6.94. The van der Waals surface area contributed by atoms with Crippen LogP contribution in [0.15, 0.2) is 18.5 Å². The molecule has 0 aliphatic heterocycles. The van der Waals surface area contributed by atoms with E-state index in [1.165, 1.54) is 31.2 Å². The fourth-order valence-corrected chi connectivity index (χ4v) is 2.79. The van der Waals surface area contributed by atoms with Gasteiger partial charge in [-0.15, -0.1) is 0 Å². The van der Waals surface area contributed by atoms with Crippen LogP contribution in [0.2, 0.25) is 0 Å². The molecule has 0 bridgehead atoms. The lowest BCUT2D eigenvalue weighted by Gasteiger charge is -2.41. The number of rotatable bonds is 4. The lowest BCUT2D eigenvalue weighted by atomic mass is 9.67. The Balaban J connectivity index is 1.83. The second kappa shape index (κ2) is 4.26. The van der Waals surface area contributed by atoms with Gasteiger partial charge in [0.25, 0.3) is 0 Å². The van der Waals surface area contributed by atoms with E-state index in [0.717, 1.165) is 18.0 Å². The molecule has 18 heavy (non-hydrogen) atoms. The Morgan fingerprint density at radius 3 is 2.89 bits per heavy atom. The van der Waals surface area contributed by atoms with Crippen LogP contribution in [-0.4, -0.2) is 21.1 Å². The van der Waals surface area contributed by atoms with Crippen molar-refractivity contribution in [2.75, 3.05) is 11.9 Å². The van der Waals surface area contributed by atoms with Crippen LogP contribution in [0, 0.1) is 12.3 Å². The molecule has 3 rings (SSSR count). The maximum absolute atomic E-state index is 4.27. The van der Waals surface area contributed by atoms with Crippen LogP contribution in [0.1, 0.15) is 38.2 Å². The highest BCUT2D eigenvalue weighted by Crippen LogP contribution is 2.43. The number of fused-ring (bicyclic) bond motifs is 1. The summed E-state index contributed by atoms with van der Waals surface area (Å²) in [5, 5.41) is 7.84. The molecule has 1 N–H and O–H groups in total. The normalized spacial score (nSPS) is 17.7. The van der Waals surface area contributed by atoms with Gasteiger partial charge in [0.15, 0.2) is 5.65 Å². The fourth-order valence-electron chi connectivity index (χ4n) is 2.79. The van der Waals surface area contributed by atoms with Crippen molar-refractivity contribution in [3.63, 3.8) is 0 Å². The smallest absolute Gasteiger partial charge is 0.157 e. The van der Waals surface area contributed by atoms with Gasteiger partial charge in [-0.1, -0.05) is 13.3 Å². The number of nitrogens with one attached hydrogen (secondary N) is 1. The number of anilines is 1. The maximum Gasteiger partial charge on any atom is 0.157 e. The molecule has 0 spiro atoms. The number of pyridine rings is 1. The predicted molar refractivity (Wildman–Crippen MR) is 72.8 cm³/mol. The largest absolute Gasteiger partial charge is 0.369 e. The van der Waals surface area contributed by atoms with Gasteiger partial charge in [0.05, 0.1) is 0 Å². The third kappa shape index (κ3) is 1.85. The lowest BCUT2D eigenvalue weighted by molar-refractivity contribution is 0.145. The van der Waals surface area contributed by atoms with Gasteiger partial charge in [0.1, 0.15) is 12.1 Å². The highest BCUT2D eigenvalue weighted by molar-refractivity contribution is 5.51. The van der Waals surface area contributed by atoms with Crippen molar-refractivity contribution in [1.29, 1.82) is 0 Å². The molecular formula is C14H20N4. The summed E-state index contributed by atoms with van der Waals surface area (Å²) < 4.78 is 1.88. The first-order valence-electron chi connectivity index (χ1n) is 6.77. The summed E-state index contributed by atoms with van der Waals surface area (Å²) in [7, 11) is 0. The second-order valence-electron chi connectivity index (χ2n) is 5.51. The Bertz CT molecular complexity index is 548. The molecule has 1 aliphatic carbocycles. The molecule has 0 atom stereocenters. The topological polar surface area (TPSA) is 42.2 Å². The summed E-state index contributed by atoms with van der Waals surface area (Å²) in [6.45, 7) is 5.43. The number of nitrogens with zero attached hydrogens (tertiary/aromatic N) is 3.